The SMILES string of the molecule is CCCn1c(C)cc(C(=O)COC(=O)C2CCN(S(=O)(=O)c3ccc(Cl)cc3)CC2)c1C. The summed E-state index contributed by atoms with van der Waals surface area (Å²) in [5, 5.41) is 0.465. The number of ether oxygens (including phenoxy) is 1. The summed E-state index contributed by atoms with van der Waals surface area (Å²) in [7, 11) is -3.63. The Balaban J connectivity index is 1.54. The molecule has 9 heteroatoms. The molecule has 1 aromatic heterocycles. The van der Waals surface area contributed by atoms with E-state index in [-0.39, 0.29) is 30.4 Å². The molecule has 0 aliphatic carbocycles. The number of hydrogen-bond donors (Lipinski definition) is 0. The number of rotatable bonds is 8. The summed E-state index contributed by atoms with van der Waals surface area (Å²) in [6.45, 7) is 6.90. The van der Waals surface area contributed by atoms with Crippen LogP contribution in [-0.4, -0.2) is 48.7 Å². The lowest BCUT2D eigenvalue weighted by molar-refractivity contribution is -0.148. The van der Waals surface area contributed by atoms with Gasteiger partial charge in [-0.1, -0.05) is 18.5 Å². The first kappa shape index (κ1) is 24.5. The van der Waals surface area contributed by atoms with Crippen LogP contribution in [0.4, 0.5) is 0 Å². The molecule has 7 nitrogen and oxygen atoms in total. The van der Waals surface area contributed by atoms with Gasteiger partial charge in [0, 0.05) is 41.6 Å². The van der Waals surface area contributed by atoms with E-state index >= 15 is 0 Å². The van der Waals surface area contributed by atoms with Gasteiger partial charge >= 0.3 is 5.97 Å². The molecular formula is C23H29ClN2O5S. The summed E-state index contributed by atoms with van der Waals surface area (Å²) in [4.78, 5) is 25.3. The number of hydrogen-bond acceptors (Lipinski definition) is 5. The number of aromatic nitrogens is 1. The van der Waals surface area contributed by atoms with Gasteiger partial charge in [0.2, 0.25) is 15.8 Å². The molecule has 2 heterocycles. The first-order chi connectivity index (χ1) is 15.1. The molecule has 1 fully saturated rings. The van der Waals surface area contributed by atoms with Gasteiger partial charge in [-0.25, -0.2) is 8.42 Å². The van der Waals surface area contributed by atoms with Crippen molar-refractivity contribution in [3.63, 3.8) is 0 Å². The van der Waals surface area contributed by atoms with Crippen LogP contribution in [0.15, 0.2) is 35.2 Å². The molecule has 1 aliphatic heterocycles. The van der Waals surface area contributed by atoms with Crippen molar-refractivity contribution in [1.82, 2.24) is 8.87 Å². The number of esters is 1. The molecule has 0 radical (unpaired) electrons. The smallest absolute Gasteiger partial charge is 0.309 e. The van der Waals surface area contributed by atoms with Gasteiger partial charge in [-0.2, -0.15) is 4.31 Å². The van der Waals surface area contributed by atoms with E-state index in [1.807, 2.05) is 19.9 Å². The van der Waals surface area contributed by atoms with Crippen LogP contribution in [0.3, 0.4) is 0 Å². The third kappa shape index (κ3) is 5.24. The predicted octanol–water partition coefficient (Wildman–Crippen LogP) is 4.00. The maximum atomic E-state index is 12.8. The summed E-state index contributed by atoms with van der Waals surface area (Å²) >= 11 is 5.84. The Morgan fingerprint density at radius 1 is 1.12 bits per heavy atom. The second-order valence-electron chi connectivity index (χ2n) is 8.10. The van der Waals surface area contributed by atoms with Crippen molar-refractivity contribution in [2.45, 2.75) is 51.5 Å². The highest BCUT2D eigenvalue weighted by Gasteiger charge is 2.33. The zero-order valence-electron chi connectivity index (χ0n) is 18.6. The van der Waals surface area contributed by atoms with Crippen LogP contribution in [0.1, 0.15) is 47.9 Å². The van der Waals surface area contributed by atoms with Crippen molar-refractivity contribution in [3.8, 4) is 0 Å². The van der Waals surface area contributed by atoms with Gasteiger partial charge in [0.05, 0.1) is 10.8 Å². The highest BCUT2D eigenvalue weighted by Crippen LogP contribution is 2.25. The van der Waals surface area contributed by atoms with Crippen molar-refractivity contribution in [2.75, 3.05) is 19.7 Å². The number of nitrogens with zero attached hydrogens (tertiary/aromatic N) is 2. The molecule has 0 saturated carbocycles. The zero-order valence-corrected chi connectivity index (χ0v) is 20.2. The molecular weight excluding hydrogens is 452 g/mol. The van der Waals surface area contributed by atoms with Crippen LogP contribution in [0, 0.1) is 19.8 Å². The van der Waals surface area contributed by atoms with E-state index in [1.54, 1.807) is 0 Å². The summed E-state index contributed by atoms with van der Waals surface area (Å²) in [5.41, 5.74) is 2.46. The lowest BCUT2D eigenvalue weighted by Crippen LogP contribution is -2.40. The van der Waals surface area contributed by atoms with Crippen LogP contribution >= 0.6 is 11.6 Å². The monoisotopic (exact) mass is 480 g/mol. The molecule has 0 N–H and O–H groups in total. The van der Waals surface area contributed by atoms with Crippen LogP contribution in [-0.2, 0) is 26.1 Å². The quantitative estimate of drug-likeness (QED) is 0.421. The molecule has 1 aromatic carbocycles. The summed E-state index contributed by atoms with van der Waals surface area (Å²) in [5.74, 6) is -1.10. The third-order valence-electron chi connectivity index (χ3n) is 5.91. The summed E-state index contributed by atoms with van der Waals surface area (Å²) in [6, 6.07) is 7.86. The molecule has 1 aliphatic rings. The third-order valence-corrected chi connectivity index (χ3v) is 8.07. The Hall–Kier alpha value is -2.16. The Labute approximate surface area is 194 Å². The van der Waals surface area contributed by atoms with Crippen molar-refractivity contribution in [3.05, 3.63) is 52.3 Å². The molecule has 0 unspecified atom stereocenters. The van der Waals surface area contributed by atoms with Crippen LogP contribution in [0.2, 0.25) is 5.02 Å². The predicted molar refractivity (Wildman–Crippen MR) is 122 cm³/mol. The van der Waals surface area contributed by atoms with Crippen molar-refractivity contribution in [1.29, 1.82) is 0 Å². The van der Waals surface area contributed by atoms with E-state index in [0.717, 1.165) is 24.4 Å². The van der Waals surface area contributed by atoms with Gasteiger partial charge in [-0.3, -0.25) is 9.59 Å². The first-order valence-electron chi connectivity index (χ1n) is 10.8. The number of piperidine rings is 1. The van der Waals surface area contributed by atoms with E-state index in [9.17, 15) is 18.0 Å². The molecule has 174 valence electrons. The van der Waals surface area contributed by atoms with Gasteiger partial charge in [0.15, 0.2) is 6.61 Å². The van der Waals surface area contributed by atoms with Gasteiger partial charge in [-0.15, -0.1) is 0 Å². The highest BCUT2D eigenvalue weighted by atomic mass is 35.5. The number of carbonyl (C=O) groups is 2. The number of carbonyl (C=O) groups excluding carboxylic acids is 2. The Kier molecular flexibility index (Phi) is 7.79. The van der Waals surface area contributed by atoms with Gasteiger partial charge in [-0.05, 0) is 63.4 Å². The second-order valence-corrected chi connectivity index (χ2v) is 10.5. The minimum absolute atomic E-state index is 0.175. The second kappa shape index (κ2) is 10.2. The number of sulfonamides is 1. The average Bonchev–Trinajstić information content (AvgIpc) is 3.06. The lowest BCUT2D eigenvalue weighted by Gasteiger charge is -2.30. The minimum atomic E-state index is -3.63. The van der Waals surface area contributed by atoms with Crippen molar-refractivity contribution >= 4 is 33.4 Å². The van der Waals surface area contributed by atoms with Gasteiger partial charge < -0.3 is 9.30 Å². The number of halogens is 1. The number of aryl methyl sites for hydroxylation is 1. The zero-order chi connectivity index (χ0) is 23.5. The summed E-state index contributed by atoms with van der Waals surface area (Å²) < 4.78 is 34.3. The molecule has 32 heavy (non-hydrogen) atoms. The molecule has 0 atom stereocenters. The lowest BCUT2D eigenvalue weighted by atomic mass is 9.98. The first-order valence-corrected chi connectivity index (χ1v) is 12.6. The molecule has 0 spiro atoms. The molecule has 3 rings (SSSR count). The summed E-state index contributed by atoms with van der Waals surface area (Å²) in [6.07, 6.45) is 1.67. The van der Waals surface area contributed by atoms with E-state index in [1.165, 1.54) is 28.6 Å². The fourth-order valence-electron chi connectivity index (χ4n) is 4.07. The largest absolute Gasteiger partial charge is 0.457 e. The van der Waals surface area contributed by atoms with Gasteiger partial charge in [0.1, 0.15) is 0 Å². The van der Waals surface area contributed by atoms with Crippen molar-refractivity contribution in [2.24, 2.45) is 5.92 Å². The number of ketones is 1. The Bertz CT molecular complexity index is 1080. The van der Waals surface area contributed by atoms with E-state index in [0.29, 0.717) is 23.4 Å². The molecule has 1 saturated heterocycles. The highest BCUT2D eigenvalue weighted by molar-refractivity contribution is 7.89. The maximum Gasteiger partial charge on any atom is 0.309 e. The topological polar surface area (TPSA) is 85.7 Å². The van der Waals surface area contributed by atoms with Crippen LogP contribution < -0.4 is 0 Å². The van der Waals surface area contributed by atoms with Crippen molar-refractivity contribution < 1.29 is 22.7 Å². The maximum absolute atomic E-state index is 12.8. The average molecular weight is 481 g/mol. The van der Waals surface area contributed by atoms with Crippen LogP contribution in [0.5, 0.6) is 0 Å². The van der Waals surface area contributed by atoms with Gasteiger partial charge in [0.25, 0.3) is 0 Å². The number of Topliss-reactive ketones (excluding diaryl/α,β-unsaturated/α-hetero) is 1. The standard InChI is InChI=1S/C23H29ClN2O5S/c1-4-11-26-16(2)14-21(17(26)3)22(27)15-31-23(28)18-9-12-25(13-10-18)32(29,30)20-7-5-19(24)6-8-20/h5-8,14,18H,4,9-13,15H2,1-3H3. The van der Waals surface area contributed by atoms with E-state index in [2.05, 4.69) is 11.5 Å². The fourth-order valence-corrected chi connectivity index (χ4v) is 5.67. The van der Waals surface area contributed by atoms with E-state index < -0.39 is 21.9 Å². The Morgan fingerprint density at radius 2 is 1.75 bits per heavy atom. The fraction of sp³-hybridized carbons (Fsp3) is 0.478. The van der Waals surface area contributed by atoms with Crippen LogP contribution in [0.25, 0.3) is 0 Å². The molecule has 2 aromatic rings. The molecule has 0 amide bonds. The minimum Gasteiger partial charge on any atom is -0.457 e. The van der Waals surface area contributed by atoms with E-state index in [4.69, 9.17) is 16.3 Å². The molecule has 0 bridgehead atoms. The Morgan fingerprint density at radius 3 is 2.34 bits per heavy atom. The normalized spacial score (nSPS) is 15.6. The number of benzene rings is 1.